The van der Waals surface area contributed by atoms with Crippen LogP contribution in [0.2, 0.25) is 18.1 Å². The molecule has 1 aromatic rings. The number of benzene rings is 1. The number of rotatable bonds is 4. The number of hydrogen-bond donors (Lipinski definition) is 2. The maximum absolute atomic E-state index is 9.82. The molecule has 6 nitrogen and oxygen atoms in total. The summed E-state index contributed by atoms with van der Waals surface area (Å²) in [7, 11) is -3.75. The Morgan fingerprint density at radius 1 is 1.07 bits per heavy atom. The molecule has 2 bridgehead atoms. The summed E-state index contributed by atoms with van der Waals surface area (Å²) < 4.78 is 24.4. The normalized spacial score (nSPS) is 28.3. The molecule has 0 aliphatic carbocycles. The van der Waals surface area contributed by atoms with Gasteiger partial charge in [0.1, 0.15) is 5.75 Å². The van der Waals surface area contributed by atoms with E-state index in [4.69, 9.17) is 18.6 Å². The predicted octanol–water partition coefficient (Wildman–Crippen LogP) is 2.25. The van der Waals surface area contributed by atoms with Gasteiger partial charge in [-0.05, 0) is 36.6 Å². The van der Waals surface area contributed by atoms with Crippen molar-refractivity contribution < 1.29 is 28.7 Å². The molecule has 0 aromatic heterocycles. The molecule has 0 amide bonds. The van der Waals surface area contributed by atoms with Gasteiger partial charge in [-0.3, -0.25) is 0 Å². The van der Waals surface area contributed by atoms with Crippen molar-refractivity contribution >= 4 is 20.9 Å². The van der Waals surface area contributed by atoms with E-state index in [0.717, 1.165) is 5.56 Å². The highest BCUT2D eigenvalue weighted by molar-refractivity contribution is 6.74. The van der Waals surface area contributed by atoms with E-state index in [9.17, 15) is 10.0 Å². The standard InChI is InChI=1S/C19H31BO6Si/c1-13-15(19-23-10-18(5,11-24-19)12-25-19)8-14(20(21)22)9-16(13)26-27(6,7)17(2,3)4/h8-9,21-22H,10-12H2,1-7H3. The zero-order valence-electron chi connectivity index (χ0n) is 17.4. The van der Waals surface area contributed by atoms with Crippen molar-refractivity contribution in [2.24, 2.45) is 5.41 Å². The van der Waals surface area contributed by atoms with Gasteiger partial charge in [-0.15, -0.1) is 0 Å². The molecule has 27 heavy (non-hydrogen) atoms. The Kier molecular flexibility index (Phi) is 5.07. The van der Waals surface area contributed by atoms with Crippen molar-refractivity contribution in [1.82, 2.24) is 0 Å². The van der Waals surface area contributed by atoms with Crippen LogP contribution in [0.4, 0.5) is 0 Å². The topological polar surface area (TPSA) is 77.4 Å². The van der Waals surface area contributed by atoms with Crippen LogP contribution in [0.1, 0.15) is 38.8 Å². The fourth-order valence-electron chi connectivity index (χ4n) is 3.00. The third kappa shape index (κ3) is 3.71. The Hall–Kier alpha value is -0.898. The predicted molar refractivity (Wildman–Crippen MR) is 106 cm³/mol. The van der Waals surface area contributed by atoms with Crippen LogP contribution < -0.4 is 9.89 Å². The third-order valence-corrected chi connectivity index (χ3v) is 10.4. The van der Waals surface area contributed by atoms with Gasteiger partial charge in [0.05, 0.1) is 19.8 Å². The van der Waals surface area contributed by atoms with E-state index in [0.29, 0.717) is 36.6 Å². The molecule has 0 unspecified atom stereocenters. The minimum atomic E-state index is -2.13. The van der Waals surface area contributed by atoms with Crippen LogP contribution >= 0.6 is 0 Å². The minimum absolute atomic E-state index is 0.00666. The molecule has 0 saturated carbocycles. The minimum Gasteiger partial charge on any atom is -0.543 e. The molecule has 2 N–H and O–H groups in total. The smallest absolute Gasteiger partial charge is 0.488 e. The second kappa shape index (κ2) is 6.57. The van der Waals surface area contributed by atoms with Crippen LogP contribution in [0.3, 0.4) is 0 Å². The van der Waals surface area contributed by atoms with Crippen LogP contribution in [0.25, 0.3) is 0 Å². The van der Waals surface area contributed by atoms with Gasteiger partial charge in [-0.2, -0.15) is 0 Å². The van der Waals surface area contributed by atoms with E-state index in [-0.39, 0.29) is 10.5 Å². The molecule has 0 atom stereocenters. The molecular weight excluding hydrogens is 363 g/mol. The van der Waals surface area contributed by atoms with E-state index in [1.165, 1.54) is 0 Å². The molecule has 1 aromatic carbocycles. The molecule has 3 fully saturated rings. The monoisotopic (exact) mass is 394 g/mol. The van der Waals surface area contributed by atoms with Gasteiger partial charge in [0.2, 0.25) is 8.32 Å². The molecular formula is C19H31BO6Si. The molecule has 0 spiro atoms. The first-order valence-corrected chi connectivity index (χ1v) is 12.3. The van der Waals surface area contributed by atoms with Gasteiger partial charge in [0, 0.05) is 16.5 Å². The van der Waals surface area contributed by atoms with E-state index in [2.05, 4.69) is 40.8 Å². The van der Waals surface area contributed by atoms with Gasteiger partial charge in [0.15, 0.2) is 0 Å². The lowest BCUT2D eigenvalue weighted by Gasteiger charge is -2.51. The molecule has 3 aliphatic rings. The Labute approximate surface area is 163 Å². The first-order valence-electron chi connectivity index (χ1n) is 9.41. The molecule has 3 saturated heterocycles. The number of ether oxygens (including phenoxy) is 3. The summed E-state index contributed by atoms with van der Waals surface area (Å²) in [6, 6.07) is 3.36. The van der Waals surface area contributed by atoms with Crippen molar-refractivity contribution in [2.45, 2.75) is 58.7 Å². The van der Waals surface area contributed by atoms with Crippen LogP contribution in [0.5, 0.6) is 5.75 Å². The average Bonchev–Trinajstić information content (AvgIpc) is 2.56. The third-order valence-electron chi connectivity index (χ3n) is 6.01. The van der Waals surface area contributed by atoms with E-state index in [1.54, 1.807) is 12.1 Å². The van der Waals surface area contributed by atoms with Gasteiger partial charge >= 0.3 is 13.1 Å². The van der Waals surface area contributed by atoms with Crippen molar-refractivity contribution in [1.29, 1.82) is 0 Å². The molecule has 3 aliphatic heterocycles. The van der Waals surface area contributed by atoms with Crippen LogP contribution in [0.15, 0.2) is 12.1 Å². The fourth-order valence-corrected chi connectivity index (χ4v) is 4.07. The summed E-state index contributed by atoms with van der Waals surface area (Å²) in [5.41, 5.74) is 1.64. The lowest BCUT2D eigenvalue weighted by Crippen LogP contribution is -2.57. The van der Waals surface area contributed by atoms with Gasteiger partial charge in [-0.1, -0.05) is 33.8 Å². The number of hydrogen-bond acceptors (Lipinski definition) is 6. The van der Waals surface area contributed by atoms with Crippen molar-refractivity contribution in [3.8, 4) is 5.75 Å². The highest BCUT2D eigenvalue weighted by atomic mass is 28.4. The summed E-state index contributed by atoms with van der Waals surface area (Å²) in [5.74, 6) is -0.704. The average molecular weight is 394 g/mol. The van der Waals surface area contributed by atoms with E-state index in [1.807, 2.05) is 6.92 Å². The van der Waals surface area contributed by atoms with Gasteiger partial charge in [-0.25, -0.2) is 0 Å². The highest BCUT2D eigenvalue weighted by Crippen LogP contribution is 2.46. The second-order valence-electron chi connectivity index (χ2n) is 9.66. The number of fused-ring (bicyclic) bond motifs is 3. The molecule has 3 heterocycles. The van der Waals surface area contributed by atoms with Crippen LogP contribution in [-0.2, 0) is 20.2 Å². The summed E-state index contributed by atoms with van der Waals surface area (Å²) in [6.45, 7) is 16.4. The molecule has 150 valence electrons. The summed E-state index contributed by atoms with van der Waals surface area (Å²) in [6.07, 6.45) is 0. The summed E-state index contributed by atoms with van der Waals surface area (Å²) in [4.78, 5) is 0. The summed E-state index contributed by atoms with van der Waals surface area (Å²) in [5, 5.41) is 19.6. The molecule has 8 heteroatoms. The first kappa shape index (κ1) is 20.8. The lowest BCUT2D eigenvalue weighted by atomic mass is 9.78. The second-order valence-corrected chi connectivity index (χ2v) is 14.4. The zero-order valence-corrected chi connectivity index (χ0v) is 18.4. The Morgan fingerprint density at radius 2 is 1.59 bits per heavy atom. The Bertz CT molecular complexity index is 703. The van der Waals surface area contributed by atoms with E-state index >= 15 is 0 Å². The fraction of sp³-hybridized carbons (Fsp3) is 0.684. The van der Waals surface area contributed by atoms with Crippen LogP contribution in [-0.4, -0.2) is 45.3 Å². The Morgan fingerprint density at radius 3 is 2.04 bits per heavy atom. The molecule has 4 rings (SSSR count). The van der Waals surface area contributed by atoms with Gasteiger partial charge < -0.3 is 28.7 Å². The first-order chi connectivity index (χ1) is 12.3. The van der Waals surface area contributed by atoms with Crippen LogP contribution in [0, 0.1) is 12.3 Å². The Balaban J connectivity index is 2.06. The molecule has 0 radical (unpaired) electrons. The SMILES string of the molecule is Cc1c(O[Si](C)(C)C(C)(C)C)cc(B(O)O)cc1C12OCC(C)(CO1)CO2. The van der Waals surface area contributed by atoms with Crippen molar-refractivity contribution in [3.05, 3.63) is 23.3 Å². The zero-order chi connectivity index (χ0) is 20.3. The van der Waals surface area contributed by atoms with Gasteiger partial charge in [0.25, 0.3) is 0 Å². The van der Waals surface area contributed by atoms with Crippen molar-refractivity contribution in [2.75, 3.05) is 19.8 Å². The van der Waals surface area contributed by atoms with Crippen molar-refractivity contribution in [3.63, 3.8) is 0 Å². The maximum atomic E-state index is 9.82. The lowest BCUT2D eigenvalue weighted by molar-refractivity contribution is -0.477. The highest BCUT2D eigenvalue weighted by Gasteiger charge is 2.53. The van der Waals surface area contributed by atoms with E-state index < -0.39 is 21.4 Å². The largest absolute Gasteiger partial charge is 0.543 e. The quantitative estimate of drug-likeness (QED) is 0.763. The maximum Gasteiger partial charge on any atom is 0.488 e. The summed E-state index contributed by atoms with van der Waals surface area (Å²) >= 11 is 0.